The first kappa shape index (κ1) is 6.29. The van der Waals surface area contributed by atoms with Gasteiger partial charge >= 0.3 is 5.88 Å². The first-order valence-electron chi connectivity index (χ1n) is 2.18. The van der Waals surface area contributed by atoms with Crippen LogP contribution in [0.3, 0.4) is 0 Å². The Kier molecular flexibility index (Phi) is 1.53. The van der Waals surface area contributed by atoms with Crippen LogP contribution in [0.2, 0.25) is 5.02 Å². The predicted octanol–water partition coefficient (Wildman–Crippen LogP) is 2.02. The van der Waals surface area contributed by atoms with Gasteiger partial charge in [0.25, 0.3) is 0 Å². The minimum absolute atomic E-state index is 0.132. The summed E-state index contributed by atoms with van der Waals surface area (Å²) in [7, 11) is 0. The maximum atomic E-state index is 12.1. The van der Waals surface area contributed by atoms with Gasteiger partial charge in [0, 0.05) is 6.20 Å². The van der Waals surface area contributed by atoms with Gasteiger partial charge in [0.05, 0.1) is 5.02 Å². The van der Waals surface area contributed by atoms with Crippen molar-refractivity contribution in [1.29, 1.82) is 0 Å². The summed E-state index contributed by atoms with van der Waals surface area (Å²) in [5, 5.41) is 10.4. The molecule has 0 saturated heterocycles. The Morgan fingerprint density at radius 2 is 2.33 bits per heavy atom. The van der Waals surface area contributed by atoms with Crippen LogP contribution in [0.1, 0.15) is 0 Å². The molecular weight excluding hydrogens is 145 g/mol. The molecule has 2 nitrogen and oxygen atoms in total. The Morgan fingerprint density at radius 3 is 2.78 bits per heavy atom. The third kappa shape index (κ3) is 1.29. The fraction of sp³-hybridized carbons (Fsp3) is 0. The third-order valence-corrected chi connectivity index (χ3v) is 0.981. The van der Waals surface area contributed by atoms with Crippen molar-refractivity contribution >= 4 is 11.6 Å². The SMILES string of the molecule is [O]c1ncc(Cl)cc1F. The molecule has 47 valence electrons. The van der Waals surface area contributed by atoms with Crippen LogP contribution in [-0.4, -0.2) is 4.98 Å². The smallest absolute Gasteiger partial charge is 0.264 e. The zero-order chi connectivity index (χ0) is 6.85. The topological polar surface area (TPSA) is 32.8 Å². The second-order valence-electron chi connectivity index (χ2n) is 1.44. The van der Waals surface area contributed by atoms with Gasteiger partial charge in [-0.25, -0.2) is 9.37 Å². The van der Waals surface area contributed by atoms with E-state index >= 15 is 0 Å². The number of hydrogen-bond donors (Lipinski definition) is 0. The van der Waals surface area contributed by atoms with Crippen molar-refractivity contribution in [3.63, 3.8) is 0 Å². The molecule has 9 heavy (non-hydrogen) atoms. The Balaban J connectivity index is 3.17. The predicted molar refractivity (Wildman–Crippen MR) is 29.3 cm³/mol. The molecule has 4 heteroatoms. The largest absolute Gasteiger partial charge is 0.305 e. The monoisotopic (exact) mass is 146 g/mol. The Hall–Kier alpha value is -0.830. The normalized spacial score (nSPS) is 9.56. The molecule has 0 saturated carbocycles. The fourth-order valence-electron chi connectivity index (χ4n) is 0.402. The Morgan fingerprint density at radius 1 is 1.67 bits per heavy atom. The van der Waals surface area contributed by atoms with Gasteiger partial charge in [0.15, 0.2) is 5.82 Å². The highest BCUT2D eigenvalue weighted by molar-refractivity contribution is 6.30. The van der Waals surface area contributed by atoms with Gasteiger partial charge in [-0.1, -0.05) is 11.6 Å². The molecule has 1 aromatic heterocycles. The summed E-state index contributed by atoms with van der Waals surface area (Å²) < 4.78 is 12.1. The van der Waals surface area contributed by atoms with Gasteiger partial charge in [0.1, 0.15) is 0 Å². The number of pyridine rings is 1. The summed E-state index contributed by atoms with van der Waals surface area (Å²) in [6.07, 6.45) is 1.10. The molecule has 0 N–H and O–H groups in total. The fourth-order valence-corrected chi connectivity index (χ4v) is 0.547. The minimum atomic E-state index is -0.914. The van der Waals surface area contributed by atoms with E-state index in [-0.39, 0.29) is 5.02 Å². The highest BCUT2D eigenvalue weighted by atomic mass is 35.5. The van der Waals surface area contributed by atoms with Crippen molar-refractivity contribution in [3.05, 3.63) is 23.1 Å². The zero-order valence-corrected chi connectivity index (χ0v) is 5.02. The maximum Gasteiger partial charge on any atom is 0.305 e. The summed E-state index contributed by atoms with van der Waals surface area (Å²) in [5.41, 5.74) is 0. The van der Waals surface area contributed by atoms with E-state index in [1.807, 2.05) is 0 Å². The molecule has 0 aliphatic rings. The highest BCUT2D eigenvalue weighted by Crippen LogP contribution is 2.15. The average molecular weight is 147 g/mol. The maximum absolute atomic E-state index is 12.1. The van der Waals surface area contributed by atoms with Crippen molar-refractivity contribution in [2.24, 2.45) is 0 Å². The first-order chi connectivity index (χ1) is 4.20. The van der Waals surface area contributed by atoms with Crippen molar-refractivity contribution in [1.82, 2.24) is 4.98 Å². The molecule has 1 rings (SSSR count). The quantitative estimate of drug-likeness (QED) is 0.551. The van der Waals surface area contributed by atoms with Gasteiger partial charge in [0.2, 0.25) is 0 Å². The molecule has 0 aliphatic heterocycles. The molecule has 1 aromatic rings. The van der Waals surface area contributed by atoms with Crippen LogP contribution in [0.15, 0.2) is 12.3 Å². The second-order valence-corrected chi connectivity index (χ2v) is 1.88. The van der Waals surface area contributed by atoms with E-state index in [2.05, 4.69) is 4.98 Å². The van der Waals surface area contributed by atoms with E-state index in [9.17, 15) is 9.50 Å². The number of hydrogen-bond acceptors (Lipinski definition) is 1. The van der Waals surface area contributed by atoms with E-state index < -0.39 is 11.7 Å². The third-order valence-electron chi connectivity index (χ3n) is 0.774. The zero-order valence-electron chi connectivity index (χ0n) is 4.27. The molecule has 0 amide bonds. The number of rotatable bonds is 0. The van der Waals surface area contributed by atoms with Gasteiger partial charge < -0.3 is 0 Å². The Labute approximate surface area is 55.9 Å². The molecule has 0 spiro atoms. The van der Waals surface area contributed by atoms with Crippen LogP contribution >= 0.6 is 11.6 Å². The number of aromatic nitrogens is 1. The molecule has 0 bridgehead atoms. The van der Waals surface area contributed by atoms with Crippen molar-refractivity contribution in [3.8, 4) is 5.88 Å². The van der Waals surface area contributed by atoms with Crippen LogP contribution in [-0.2, 0) is 5.11 Å². The lowest BCUT2D eigenvalue weighted by Gasteiger charge is -1.88. The summed E-state index contributed by atoms with van der Waals surface area (Å²) in [4.78, 5) is 3.12. The molecule has 0 aromatic carbocycles. The summed E-state index contributed by atoms with van der Waals surface area (Å²) in [5.74, 6) is -1.79. The first-order valence-corrected chi connectivity index (χ1v) is 2.56. The molecule has 0 atom stereocenters. The number of nitrogens with zero attached hydrogens (tertiary/aromatic N) is 1. The molecule has 1 radical (unpaired) electrons. The second kappa shape index (κ2) is 2.19. The molecule has 0 unspecified atom stereocenters. The van der Waals surface area contributed by atoms with Gasteiger partial charge in [-0.2, -0.15) is 0 Å². The Bertz CT molecular complexity index is 228. The summed E-state index contributed by atoms with van der Waals surface area (Å²) >= 11 is 5.28. The minimum Gasteiger partial charge on any atom is -0.264 e. The summed E-state index contributed by atoms with van der Waals surface area (Å²) in [6.45, 7) is 0. The molecule has 1 heterocycles. The van der Waals surface area contributed by atoms with Gasteiger partial charge in [-0.15, -0.1) is 0 Å². The van der Waals surface area contributed by atoms with E-state index in [4.69, 9.17) is 11.6 Å². The van der Waals surface area contributed by atoms with E-state index in [1.165, 1.54) is 0 Å². The van der Waals surface area contributed by atoms with Crippen LogP contribution in [0.25, 0.3) is 0 Å². The van der Waals surface area contributed by atoms with Gasteiger partial charge in [-0.05, 0) is 6.07 Å². The average Bonchev–Trinajstić information content (AvgIpc) is 1.80. The van der Waals surface area contributed by atoms with Crippen LogP contribution in [0, 0.1) is 5.82 Å². The van der Waals surface area contributed by atoms with Crippen LogP contribution < -0.4 is 0 Å². The lowest BCUT2D eigenvalue weighted by molar-refractivity contribution is 0.312. The highest BCUT2D eigenvalue weighted by Gasteiger charge is 2.01. The van der Waals surface area contributed by atoms with Crippen molar-refractivity contribution in [2.75, 3.05) is 0 Å². The van der Waals surface area contributed by atoms with Crippen LogP contribution in [0.4, 0.5) is 4.39 Å². The lowest BCUT2D eigenvalue weighted by atomic mass is 10.5. The van der Waals surface area contributed by atoms with E-state index in [0.717, 1.165) is 12.3 Å². The molecular formula is C5H2ClFNO. The molecule has 0 aliphatic carbocycles. The van der Waals surface area contributed by atoms with E-state index in [0.29, 0.717) is 0 Å². The van der Waals surface area contributed by atoms with Crippen LogP contribution in [0.5, 0.6) is 5.88 Å². The van der Waals surface area contributed by atoms with E-state index in [1.54, 1.807) is 0 Å². The molecule has 0 fully saturated rings. The van der Waals surface area contributed by atoms with Crippen molar-refractivity contribution in [2.45, 2.75) is 0 Å². The standard InChI is InChI=1S/C5H2ClFNO/c6-3-1-4(7)5(9)8-2-3/h1-2H. The lowest BCUT2D eigenvalue weighted by Crippen LogP contribution is -1.77. The van der Waals surface area contributed by atoms with Crippen molar-refractivity contribution < 1.29 is 9.50 Å². The summed E-state index contributed by atoms with van der Waals surface area (Å²) in [6, 6.07) is 0.927. The number of halogens is 2. The van der Waals surface area contributed by atoms with Gasteiger partial charge in [-0.3, -0.25) is 5.11 Å².